The molecule has 1 amide bonds. The lowest BCUT2D eigenvalue weighted by Gasteiger charge is -2.51. The monoisotopic (exact) mass is 428 g/mol. The van der Waals surface area contributed by atoms with Crippen molar-refractivity contribution in [2.75, 3.05) is 5.32 Å². The Bertz CT molecular complexity index is 1150. The second-order valence-electron chi connectivity index (χ2n) is 10.3. The van der Waals surface area contributed by atoms with E-state index in [4.69, 9.17) is 0 Å². The summed E-state index contributed by atoms with van der Waals surface area (Å²) >= 11 is 0. The molecule has 3 aliphatic carbocycles. The molecule has 2 aromatic carbocycles. The number of carbonyl (C=O) groups excluding carboxylic acids is 1. The Morgan fingerprint density at radius 3 is 2.41 bits per heavy atom. The number of benzene rings is 2. The van der Waals surface area contributed by atoms with Crippen LogP contribution in [0.4, 0.5) is 10.1 Å². The zero-order valence-corrected chi connectivity index (χ0v) is 18.3. The summed E-state index contributed by atoms with van der Waals surface area (Å²) in [5, 5.41) is 4.08. The maximum Gasteiger partial charge on any atom is 0.227 e. The van der Waals surface area contributed by atoms with Gasteiger partial charge in [-0.1, -0.05) is 12.1 Å². The van der Waals surface area contributed by atoms with Crippen molar-refractivity contribution < 1.29 is 9.18 Å². The van der Waals surface area contributed by atoms with E-state index in [1.807, 2.05) is 18.3 Å². The van der Waals surface area contributed by atoms with Crippen molar-refractivity contribution in [3.05, 3.63) is 71.7 Å². The van der Waals surface area contributed by atoms with Crippen molar-refractivity contribution in [1.82, 2.24) is 4.98 Å². The molecule has 1 N–H and O–H groups in total. The molecule has 0 unspecified atom stereocenters. The molecule has 0 aliphatic heterocycles. The second kappa shape index (κ2) is 7.68. The van der Waals surface area contributed by atoms with Crippen LogP contribution in [-0.2, 0) is 4.79 Å². The predicted molar refractivity (Wildman–Crippen MR) is 125 cm³/mol. The van der Waals surface area contributed by atoms with Crippen LogP contribution in [0, 0.1) is 17.2 Å². The van der Waals surface area contributed by atoms with E-state index in [1.54, 1.807) is 12.1 Å². The SMILES string of the molecule is O=C(Nc1ccc(C2CC2)cc1)C1CC2(CCC(c3ccnc4ccc(F)cc34)CC2)C1. The highest BCUT2D eigenvalue weighted by Gasteiger charge is 2.48. The number of fused-ring (bicyclic) bond motifs is 1. The summed E-state index contributed by atoms with van der Waals surface area (Å²) in [4.78, 5) is 17.2. The van der Waals surface area contributed by atoms with E-state index in [-0.39, 0.29) is 17.6 Å². The summed E-state index contributed by atoms with van der Waals surface area (Å²) in [5.74, 6) is 1.29. The Balaban J connectivity index is 1.06. The van der Waals surface area contributed by atoms with Gasteiger partial charge in [0.2, 0.25) is 5.91 Å². The van der Waals surface area contributed by atoms with Crippen LogP contribution in [0.25, 0.3) is 10.9 Å². The number of aromatic nitrogens is 1. The summed E-state index contributed by atoms with van der Waals surface area (Å²) in [6.07, 6.45) is 10.9. The van der Waals surface area contributed by atoms with E-state index < -0.39 is 0 Å². The molecule has 3 fully saturated rings. The van der Waals surface area contributed by atoms with Crippen molar-refractivity contribution in [3.8, 4) is 0 Å². The van der Waals surface area contributed by atoms with Crippen LogP contribution in [0.3, 0.4) is 0 Å². The van der Waals surface area contributed by atoms with Crippen LogP contribution in [-0.4, -0.2) is 10.9 Å². The summed E-state index contributed by atoms with van der Waals surface area (Å²) in [7, 11) is 0. The number of halogens is 1. The Hall–Kier alpha value is -2.75. The minimum absolute atomic E-state index is 0.130. The number of carbonyl (C=O) groups is 1. The van der Waals surface area contributed by atoms with Crippen LogP contribution in [0.1, 0.15) is 74.3 Å². The molecule has 1 spiro atoms. The lowest BCUT2D eigenvalue weighted by Crippen LogP contribution is -2.45. The molecule has 1 aromatic heterocycles. The van der Waals surface area contributed by atoms with Gasteiger partial charge in [-0.2, -0.15) is 0 Å². The topological polar surface area (TPSA) is 42.0 Å². The third-order valence-electron chi connectivity index (χ3n) is 8.18. The van der Waals surface area contributed by atoms with Crippen LogP contribution >= 0.6 is 0 Å². The van der Waals surface area contributed by atoms with E-state index >= 15 is 0 Å². The molecular weight excluding hydrogens is 399 g/mol. The first-order chi connectivity index (χ1) is 15.6. The highest BCUT2D eigenvalue weighted by molar-refractivity contribution is 5.93. The number of amides is 1. The van der Waals surface area contributed by atoms with Gasteiger partial charge in [0.15, 0.2) is 0 Å². The summed E-state index contributed by atoms with van der Waals surface area (Å²) < 4.78 is 13.8. The van der Waals surface area contributed by atoms with Gasteiger partial charge in [0.1, 0.15) is 5.82 Å². The van der Waals surface area contributed by atoms with Crippen molar-refractivity contribution in [1.29, 1.82) is 0 Å². The average Bonchev–Trinajstić information content (AvgIpc) is 3.63. The van der Waals surface area contributed by atoms with Crippen LogP contribution in [0.5, 0.6) is 0 Å². The maximum absolute atomic E-state index is 13.8. The lowest BCUT2D eigenvalue weighted by molar-refractivity contribution is -0.128. The van der Waals surface area contributed by atoms with Gasteiger partial charge in [-0.05, 0) is 116 Å². The van der Waals surface area contributed by atoms with Gasteiger partial charge < -0.3 is 5.32 Å². The molecule has 0 radical (unpaired) electrons. The summed E-state index contributed by atoms with van der Waals surface area (Å²) in [5.41, 5.74) is 4.73. The maximum atomic E-state index is 13.8. The molecular formula is C28H29FN2O. The van der Waals surface area contributed by atoms with Crippen LogP contribution < -0.4 is 5.32 Å². The highest BCUT2D eigenvalue weighted by Crippen LogP contribution is 2.57. The average molecular weight is 429 g/mol. The number of rotatable bonds is 4. The van der Waals surface area contributed by atoms with Gasteiger partial charge in [0, 0.05) is 23.2 Å². The number of nitrogens with one attached hydrogen (secondary N) is 1. The normalized spacial score (nSPS) is 27.3. The first-order valence-electron chi connectivity index (χ1n) is 12.0. The molecule has 3 aromatic rings. The Morgan fingerprint density at radius 2 is 1.69 bits per heavy atom. The predicted octanol–water partition coefficient (Wildman–Crippen LogP) is 6.94. The van der Waals surface area contributed by atoms with Crippen molar-refractivity contribution in [2.45, 2.75) is 63.2 Å². The molecule has 3 aliphatic rings. The number of hydrogen-bond acceptors (Lipinski definition) is 2. The molecule has 1 heterocycles. The minimum Gasteiger partial charge on any atom is -0.326 e. The minimum atomic E-state index is -0.200. The zero-order valence-electron chi connectivity index (χ0n) is 18.3. The number of hydrogen-bond donors (Lipinski definition) is 1. The van der Waals surface area contributed by atoms with E-state index in [0.29, 0.717) is 11.3 Å². The number of pyridine rings is 1. The lowest BCUT2D eigenvalue weighted by atomic mass is 9.54. The summed E-state index contributed by atoms with van der Waals surface area (Å²) in [6.45, 7) is 0. The third-order valence-corrected chi connectivity index (χ3v) is 8.18. The van der Waals surface area contributed by atoms with Crippen LogP contribution in [0.15, 0.2) is 54.7 Å². The highest BCUT2D eigenvalue weighted by atomic mass is 19.1. The fourth-order valence-corrected chi connectivity index (χ4v) is 6.12. The quantitative estimate of drug-likeness (QED) is 0.489. The fourth-order valence-electron chi connectivity index (χ4n) is 6.12. The van der Waals surface area contributed by atoms with E-state index in [2.05, 4.69) is 28.5 Å². The fraction of sp³-hybridized carbons (Fsp3) is 0.429. The third kappa shape index (κ3) is 3.70. The van der Waals surface area contributed by atoms with Crippen molar-refractivity contribution in [2.24, 2.45) is 11.3 Å². The van der Waals surface area contributed by atoms with E-state index in [9.17, 15) is 9.18 Å². The smallest absolute Gasteiger partial charge is 0.227 e. The van der Waals surface area contributed by atoms with E-state index in [1.165, 1.54) is 30.0 Å². The number of nitrogens with zero attached hydrogens (tertiary/aromatic N) is 1. The molecule has 3 saturated carbocycles. The van der Waals surface area contributed by atoms with Crippen molar-refractivity contribution in [3.63, 3.8) is 0 Å². The Morgan fingerprint density at radius 1 is 0.938 bits per heavy atom. The van der Waals surface area contributed by atoms with Gasteiger partial charge in [0.25, 0.3) is 0 Å². The first kappa shape index (κ1) is 19.9. The number of anilines is 1. The molecule has 4 heteroatoms. The molecule has 32 heavy (non-hydrogen) atoms. The van der Waals surface area contributed by atoms with Crippen LogP contribution in [0.2, 0.25) is 0 Å². The molecule has 0 atom stereocenters. The zero-order chi connectivity index (χ0) is 21.7. The molecule has 6 rings (SSSR count). The second-order valence-corrected chi connectivity index (χ2v) is 10.3. The van der Waals surface area contributed by atoms with Gasteiger partial charge >= 0.3 is 0 Å². The van der Waals surface area contributed by atoms with Gasteiger partial charge in [-0.3, -0.25) is 9.78 Å². The first-order valence-corrected chi connectivity index (χ1v) is 12.0. The molecule has 3 nitrogen and oxygen atoms in total. The largest absolute Gasteiger partial charge is 0.326 e. The van der Waals surface area contributed by atoms with Gasteiger partial charge in [-0.15, -0.1) is 0 Å². The molecule has 164 valence electrons. The van der Waals surface area contributed by atoms with E-state index in [0.717, 1.165) is 61.0 Å². The standard InChI is InChI=1S/C28H29FN2O/c29-22-5-8-26-25(15-22)24(11-14-30-26)20-9-12-28(13-10-20)16-21(17-28)27(32)31-23-6-3-19(4-7-23)18-1-2-18/h3-8,11,14-15,18,20-21H,1-2,9-10,12-13,16-17H2,(H,31,32). The van der Waals surface area contributed by atoms with Crippen molar-refractivity contribution >= 4 is 22.5 Å². The Labute approximate surface area is 188 Å². The Kier molecular flexibility index (Phi) is 4.78. The molecule has 0 bridgehead atoms. The van der Waals surface area contributed by atoms with Gasteiger partial charge in [0.05, 0.1) is 5.52 Å². The summed E-state index contributed by atoms with van der Waals surface area (Å²) in [6, 6.07) is 15.4. The molecule has 0 saturated heterocycles. The van der Waals surface area contributed by atoms with Gasteiger partial charge in [-0.25, -0.2) is 4.39 Å².